The maximum atomic E-state index is 11.6. The van der Waals surface area contributed by atoms with Crippen LogP contribution in [0.3, 0.4) is 0 Å². The monoisotopic (exact) mass is 308 g/mol. The molecule has 3 nitrogen and oxygen atoms in total. The number of amides is 1. The molecule has 2 N–H and O–H groups in total. The van der Waals surface area contributed by atoms with E-state index in [0.717, 1.165) is 30.3 Å². The van der Waals surface area contributed by atoms with Crippen LogP contribution in [-0.2, 0) is 11.2 Å². The molecule has 6 heteroatoms. The van der Waals surface area contributed by atoms with Crippen molar-refractivity contribution < 1.29 is 4.79 Å². The fourth-order valence-electron chi connectivity index (χ4n) is 2.03. The van der Waals surface area contributed by atoms with E-state index in [1.807, 2.05) is 12.1 Å². The molecule has 2 heterocycles. The number of thiophene rings is 1. The van der Waals surface area contributed by atoms with Crippen LogP contribution in [0, 0.1) is 5.92 Å². The van der Waals surface area contributed by atoms with Crippen LogP contribution in [0.15, 0.2) is 12.1 Å². The molecule has 1 aliphatic rings. The van der Waals surface area contributed by atoms with Crippen molar-refractivity contribution >= 4 is 41.3 Å². The summed E-state index contributed by atoms with van der Waals surface area (Å²) < 4.78 is 0.809. The number of carbonyl (C=O) groups is 1. The molecule has 0 saturated carbocycles. The van der Waals surface area contributed by atoms with Crippen molar-refractivity contribution in [3.8, 4) is 0 Å². The van der Waals surface area contributed by atoms with E-state index in [1.54, 1.807) is 11.3 Å². The van der Waals surface area contributed by atoms with Crippen LogP contribution >= 0.6 is 35.3 Å². The van der Waals surface area contributed by atoms with Crippen LogP contribution in [-0.4, -0.2) is 25.5 Å². The summed E-state index contributed by atoms with van der Waals surface area (Å²) in [6, 6.07) is 3.91. The quantitative estimate of drug-likeness (QED) is 0.877. The number of rotatable bonds is 5. The fraction of sp³-hybridized carbons (Fsp3) is 0.583. The van der Waals surface area contributed by atoms with Gasteiger partial charge in [0.25, 0.3) is 0 Å². The Hall–Kier alpha value is -0.290. The highest BCUT2D eigenvalue weighted by Gasteiger charge is 2.17. The first kappa shape index (κ1) is 15.8. The lowest BCUT2D eigenvalue weighted by Gasteiger charge is -2.08. The van der Waals surface area contributed by atoms with Gasteiger partial charge in [-0.2, -0.15) is 0 Å². The zero-order chi connectivity index (χ0) is 12.1. The van der Waals surface area contributed by atoms with Gasteiger partial charge in [-0.05, 0) is 44.0 Å². The van der Waals surface area contributed by atoms with E-state index < -0.39 is 0 Å². The van der Waals surface area contributed by atoms with Gasteiger partial charge < -0.3 is 10.6 Å². The van der Waals surface area contributed by atoms with Crippen LogP contribution < -0.4 is 10.6 Å². The van der Waals surface area contributed by atoms with Gasteiger partial charge in [0.05, 0.1) is 4.34 Å². The summed E-state index contributed by atoms with van der Waals surface area (Å²) in [4.78, 5) is 12.9. The summed E-state index contributed by atoms with van der Waals surface area (Å²) in [6.45, 7) is 2.73. The second-order valence-electron chi connectivity index (χ2n) is 4.37. The molecule has 1 amide bonds. The molecule has 1 unspecified atom stereocenters. The van der Waals surface area contributed by atoms with Crippen LogP contribution in [0.2, 0.25) is 4.34 Å². The predicted molar refractivity (Wildman–Crippen MR) is 78.9 cm³/mol. The Balaban J connectivity index is 0.00000162. The normalized spacial score (nSPS) is 18.4. The summed E-state index contributed by atoms with van der Waals surface area (Å²) in [5.41, 5.74) is 0. The molecule has 1 atom stereocenters. The van der Waals surface area contributed by atoms with Crippen LogP contribution in [0.4, 0.5) is 0 Å². The first-order valence-electron chi connectivity index (χ1n) is 5.95. The van der Waals surface area contributed by atoms with E-state index in [-0.39, 0.29) is 18.3 Å². The minimum atomic E-state index is 0. The zero-order valence-corrected chi connectivity index (χ0v) is 12.5. The SMILES string of the molecule is Cl.O=C(CC1CCNC1)NCCc1ccc(Cl)s1. The van der Waals surface area contributed by atoms with E-state index in [4.69, 9.17) is 11.6 Å². The highest BCUT2D eigenvalue weighted by molar-refractivity contribution is 7.16. The number of halogens is 2. The number of hydrogen-bond donors (Lipinski definition) is 2. The molecule has 1 fully saturated rings. The molecular formula is C12H18Cl2N2OS. The van der Waals surface area contributed by atoms with Gasteiger partial charge in [-0.15, -0.1) is 23.7 Å². The third kappa shape index (κ3) is 5.14. The lowest BCUT2D eigenvalue weighted by molar-refractivity contribution is -0.121. The van der Waals surface area contributed by atoms with E-state index >= 15 is 0 Å². The third-order valence-corrected chi connectivity index (χ3v) is 4.25. The predicted octanol–water partition coefficient (Wildman–Crippen LogP) is 2.48. The van der Waals surface area contributed by atoms with Gasteiger partial charge in [-0.3, -0.25) is 4.79 Å². The fourth-order valence-corrected chi connectivity index (χ4v) is 3.12. The van der Waals surface area contributed by atoms with Crippen LogP contribution in [0.1, 0.15) is 17.7 Å². The van der Waals surface area contributed by atoms with E-state index in [0.29, 0.717) is 18.9 Å². The largest absolute Gasteiger partial charge is 0.356 e. The second kappa shape index (κ2) is 8.00. The molecule has 1 saturated heterocycles. The first-order valence-corrected chi connectivity index (χ1v) is 7.15. The molecule has 102 valence electrons. The van der Waals surface area contributed by atoms with Crippen molar-refractivity contribution in [2.45, 2.75) is 19.3 Å². The maximum absolute atomic E-state index is 11.6. The third-order valence-electron chi connectivity index (χ3n) is 2.96. The van der Waals surface area contributed by atoms with E-state index in [2.05, 4.69) is 10.6 Å². The van der Waals surface area contributed by atoms with Gasteiger partial charge in [-0.25, -0.2) is 0 Å². The maximum Gasteiger partial charge on any atom is 0.220 e. The average molecular weight is 309 g/mol. The van der Waals surface area contributed by atoms with Crippen molar-refractivity contribution in [1.82, 2.24) is 10.6 Å². The standard InChI is InChI=1S/C12H17ClN2OS.ClH/c13-11-2-1-10(17-11)4-6-15-12(16)7-9-3-5-14-8-9;/h1-2,9,14H,3-8H2,(H,15,16);1H. The molecule has 1 aliphatic heterocycles. The summed E-state index contributed by atoms with van der Waals surface area (Å²) in [5, 5.41) is 6.23. The minimum absolute atomic E-state index is 0. The lowest BCUT2D eigenvalue weighted by atomic mass is 10.0. The average Bonchev–Trinajstić information content (AvgIpc) is 2.90. The Morgan fingerprint density at radius 1 is 1.56 bits per heavy atom. The summed E-state index contributed by atoms with van der Waals surface area (Å²) >= 11 is 7.42. The molecule has 1 aromatic heterocycles. The molecule has 1 aromatic rings. The van der Waals surface area contributed by atoms with Gasteiger partial charge in [-0.1, -0.05) is 11.6 Å². The minimum Gasteiger partial charge on any atom is -0.356 e. The summed E-state index contributed by atoms with van der Waals surface area (Å²) in [6.07, 6.45) is 2.64. The Morgan fingerprint density at radius 3 is 3.00 bits per heavy atom. The van der Waals surface area contributed by atoms with Gasteiger partial charge in [0.2, 0.25) is 5.91 Å². The smallest absolute Gasteiger partial charge is 0.220 e. The van der Waals surface area contributed by atoms with Gasteiger partial charge in [0.1, 0.15) is 0 Å². The zero-order valence-electron chi connectivity index (χ0n) is 10.1. The van der Waals surface area contributed by atoms with Gasteiger partial charge >= 0.3 is 0 Å². The molecule has 18 heavy (non-hydrogen) atoms. The molecule has 0 bridgehead atoms. The van der Waals surface area contributed by atoms with Gasteiger partial charge in [0, 0.05) is 17.8 Å². The summed E-state index contributed by atoms with van der Waals surface area (Å²) in [7, 11) is 0. The second-order valence-corrected chi connectivity index (χ2v) is 6.17. The number of nitrogens with one attached hydrogen (secondary N) is 2. The van der Waals surface area contributed by atoms with Crippen molar-refractivity contribution in [3.63, 3.8) is 0 Å². The molecule has 0 aliphatic carbocycles. The lowest BCUT2D eigenvalue weighted by Crippen LogP contribution is -2.28. The molecule has 0 spiro atoms. The van der Waals surface area contributed by atoms with Crippen molar-refractivity contribution in [3.05, 3.63) is 21.3 Å². The number of hydrogen-bond acceptors (Lipinski definition) is 3. The van der Waals surface area contributed by atoms with Crippen LogP contribution in [0.5, 0.6) is 0 Å². The highest BCUT2D eigenvalue weighted by Crippen LogP contribution is 2.21. The highest BCUT2D eigenvalue weighted by atomic mass is 35.5. The topological polar surface area (TPSA) is 41.1 Å². The molecular weight excluding hydrogens is 291 g/mol. The number of carbonyl (C=O) groups excluding carboxylic acids is 1. The van der Waals surface area contributed by atoms with E-state index in [1.165, 1.54) is 4.88 Å². The van der Waals surface area contributed by atoms with Gasteiger partial charge in [0.15, 0.2) is 0 Å². The molecule has 0 radical (unpaired) electrons. The Bertz CT molecular complexity index is 378. The van der Waals surface area contributed by atoms with Crippen molar-refractivity contribution in [1.29, 1.82) is 0 Å². The molecule has 2 rings (SSSR count). The Labute approximate surface area is 123 Å². The van der Waals surface area contributed by atoms with Crippen molar-refractivity contribution in [2.75, 3.05) is 19.6 Å². The van der Waals surface area contributed by atoms with Crippen LogP contribution in [0.25, 0.3) is 0 Å². The first-order chi connectivity index (χ1) is 8.24. The Kier molecular flexibility index (Phi) is 7.00. The van der Waals surface area contributed by atoms with E-state index in [9.17, 15) is 4.79 Å². The van der Waals surface area contributed by atoms with Crippen molar-refractivity contribution in [2.24, 2.45) is 5.92 Å². The summed E-state index contributed by atoms with van der Waals surface area (Å²) in [5.74, 6) is 0.688. The molecule has 0 aromatic carbocycles. The Morgan fingerprint density at radius 2 is 2.39 bits per heavy atom.